The largest absolute Gasteiger partial charge is 0.489 e. The summed E-state index contributed by atoms with van der Waals surface area (Å²) in [5.41, 5.74) is -1.68. The summed E-state index contributed by atoms with van der Waals surface area (Å²) < 4.78 is 49.5. The fourth-order valence-corrected chi connectivity index (χ4v) is 2.69. The molecule has 0 saturated heterocycles. The quantitative estimate of drug-likeness (QED) is 0.610. The molecule has 3 rings (SSSR count). The molecule has 6 nitrogen and oxygen atoms in total. The smallest absolute Gasteiger partial charge is 0.416 e. The van der Waals surface area contributed by atoms with Crippen molar-refractivity contribution in [1.29, 1.82) is 0 Å². The second kappa shape index (κ2) is 8.36. The topological polar surface area (TPSA) is 80.4 Å². The minimum Gasteiger partial charge on any atom is -0.489 e. The number of anilines is 1. The van der Waals surface area contributed by atoms with Crippen molar-refractivity contribution in [2.24, 2.45) is 0 Å². The van der Waals surface area contributed by atoms with Crippen LogP contribution in [0.15, 0.2) is 53.3 Å². The monoisotopic (exact) mass is 406 g/mol. The molecule has 0 saturated carbocycles. The Hall–Kier alpha value is -3.33. The second-order valence-electron chi connectivity index (χ2n) is 6.10. The highest BCUT2D eigenvalue weighted by Crippen LogP contribution is 2.35. The maximum absolute atomic E-state index is 13.1. The van der Waals surface area contributed by atoms with Gasteiger partial charge in [0.15, 0.2) is 0 Å². The van der Waals surface area contributed by atoms with E-state index < -0.39 is 23.2 Å². The molecule has 0 aliphatic rings. The zero-order chi connectivity index (χ0) is 21.0. The third-order valence-corrected chi connectivity index (χ3v) is 4.10. The molecule has 1 aromatic heterocycles. The first-order valence-electron chi connectivity index (χ1n) is 8.56. The summed E-state index contributed by atoms with van der Waals surface area (Å²) in [6, 6.07) is 10.9. The van der Waals surface area contributed by atoms with E-state index >= 15 is 0 Å². The minimum atomic E-state index is -4.60. The Morgan fingerprint density at radius 3 is 2.59 bits per heavy atom. The molecule has 29 heavy (non-hydrogen) atoms. The molecular weight excluding hydrogens is 389 g/mol. The number of ether oxygens (including phenoxy) is 2. The average molecular weight is 406 g/mol. The van der Waals surface area contributed by atoms with Gasteiger partial charge >= 0.3 is 6.18 Å². The summed E-state index contributed by atoms with van der Waals surface area (Å²) in [6.45, 7) is 0.296. The molecule has 0 bridgehead atoms. The molecule has 0 spiro atoms. The van der Waals surface area contributed by atoms with Crippen molar-refractivity contribution in [1.82, 2.24) is 4.98 Å². The van der Waals surface area contributed by atoms with Crippen LogP contribution in [0.5, 0.6) is 5.75 Å². The molecule has 3 aromatic rings. The number of hydrogen-bond donors (Lipinski definition) is 2. The van der Waals surface area contributed by atoms with Crippen LogP contribution >= 0.6 is 0 Å². The maximum Gasteiger partial charge on any atom is 0.416 e. The van der Waals surface area contributed by atoms with Gasteiger partial charge in [-0.1, -0.05) is 18.2 Å². The molecule has 2 aromatic carbocycles. The number of carbonyl (C=O) groups excluding carboxylic acids is 1. The van der Waals surface area contributed by atoms with Gasteiger partial charge in [-0.05, 0) is 35.7 Å². The summed E-state index contributed by atoms with van der Waals surface area (Å²) in [4.78, 5) is 27.2. The molecule has 0 aliphatic carbocycles. The predicted octanol–water partition coefficient (Wildman–Crippen LogP) is 3.82. The number of methoxy groups -OCH3 is 1. The molecule has 1 amide bonds. The first-order chi connectivity index (χ1) is 13.8. The molecule has 0 atom stereocenters. The van der Waals surface area contributed by atoms with Gasteiger partial charge in [0, 0.05) is 12.5 Å². The van der Waals surface area contributed by atoms with Gasteiger partial charge in [-0.3, -0.25) is 9.59 Å². The van der Waals surface area contributed by atoms with Gasteiger partial charge in [-0.15, -0.1) is 0 Å². The number of carbonyl (C=O) groups is 1. The number of alkyl halides is 3. The van der Waals surface area contributed by atoms with Crippen LogP contribution < -0.4 is 15.6 Å². The van der Waals surface area contributed by atoms with Crippen LogP contribution in [0.1, 0.15) is 16.1 Å². The Bertz CT molecular complexity index is 1090. The van der Waals surface area contributed by atoms with Crippen LogP contribution in [0.4, 0.5) is 18.9 Å². The van der Waals surface area contributed by atoms with E-state index in [2.05, 4.69) is 10.3 Å². The lowest BCUT2D eigenvalue weighted by atomic mass is 10.1. The van der Waals surface area contributed by atoms with Gasteiger partial charge in [0.1, 0.15) is 18.1 Å². The van der Waals surface area contributed by atoms with Gasteiger partial charge < -0.3 is 19.8 Å². The number of fused-ring (bicyclic) bond motifs is 1. The Labute approximate surface area is 163 Å². The molecule has 0 unspecified atom stereocenters. The van der Waals surface area contributed by atoms with Gasteiger partial charge in [0.05, 0.1) is 17.9 Å². The first kappa shape index (κ1) is 20.4. The molecule has 2 N–H and O–H groups in total. The van der Waals surface area contributed by atoms with E-state index in [1.165, 1.54) is 13.2 Å². The average Bonchev–Trinajstić information content (AvgIpc) is 2.68. The molecule has 1 heterocycles. The number of rotatable bonds is 6. The van der Waals surface area contributed by atoms with Crippen LogP contribution in [0.25, 0.3) is 10.8 Å². The number of aromatic nitrogens is 1. The summed E-state index contributed by atoms with van der Waals surface area (Å²) in [5.74, 6) is -0.727. The first-order valence-corrected chi connectivity index (χ1v) is 8.56. The van der Waals surface area contributed by atoms with Crippen molar-refractivity contribution in [2.75, 3.05) is 25.6 Å². The molecule has 0 fully saturated rings. The number of aromatic amines is 1. The van der Waals surface area contributed by atoms with E-state index in [0.717, 1.165) is 18.2 Å². The zero-order valence-corrected chi connectivity index (χ0v) is 15.3. The number of benzene rings is 2. The summed E-state index contributed by atoms with van der Waals surface area (Å²) in [6.07, 6.45) is -4.60. The van der Waals surface area contributed by atoms with Crippen molar-refractivity contribution in [3.63, 3.8) is 0 Å². The molecular formula is C20H17F3N2O4. The second-order valence-corrected chi connectivity index (χ2v) is 6.10. The highest BCUT2D eigenvalue weighted by Gasteiger charge is 2.31. The van der Waals surface area contributed by atoms with E-state index in [0.29, 0.717) is 10.8 Å². The Morgan fingerprint density at radius 1 is 1.10 bits per heavy atom. The van der Waals surface area contributed by atoms with E-state index in [-0.39, 0.29) is 30.3 Å². The SMILES string of the molecule is COCCOc1ccc(C(F)(F)F)cc1NC(=O)c1cc2ccccc2c(=O)[nH]1. The fourth-order valence-electron chi connectivity index (χ4n) is 2.69. The molecule has 9 heteroatoms. The lowest BCUT2D eigenvalue weighted by Gasteiger charge is -2.15. The van der Waals surface area contributed by atoms with Crippen LogP contribution in [-0.4, -0.2) is 31.2 Å². The van der Waals surface area contributed by atoms with Crippen molar-refractivity contribution in [3.05, 3.63) is 70.1 Å². The number of pyridine rings is 1. The van der Waals surface area contributed by atoms with Crippen LogP contribution in [-0.2, 0) is 10.9 Å². The van der Waals surface area contributed by atoms with Crippen LogP contribution in [0.3, 0.4) is 0 Å². The third kappa shape index (κ3) is 4.75. The van der Waals surface area contributed by atoms with Crippen molar-refractivity contribution in [2.45, 2.75) is 6.18 Å². The summed E-state index contributed by atoms with van der Waals surface area (Å²) >= 11 is 0. The number of halogens is 3. The summed E-state index contributed by atoms with van der Waals surface area (Å²) in [5, 5.41) is 3.31. The third-order valence-electron chi connectivity index (χ3n) is 4.10. The standard InChI is InChI=1S/C20H17F3N2O4/c1-28-8-9-29-17-7-6-13(20(21,22)23)11-15(17)24-19(27)16-10-12-4-2-3-5-14(12)18(26)25-16/h2-7,10-11H,8-9H2,1H3,(H,24,27)(H,25,26). The molecule has 0 aliphatic heterocycles. The highest BCUT2D eigenvalue weighted by molar-refractivity contribution is 6.05. The number of H-pyrrole nitrogens is 1. The van der Waals surface area contributed by atoms with Gasteiger partial charge in [0.25, 0.3) is 11.5 Å². The van der Waals surface area contributed by atoms with Crippen molar-refractivity contribution >= 4 is 22.4 Å². The predicted molar refractivity (Wildman–Crippen MR) is 101 cm³/mol. The summed E-state index contributed by atoms with van der Waals surface area (Å²) in [7, 11) is 1.45. The van der Waals surface area contributed by atoms with Crippen molar-refractivity contribution < 1.29 is 27.4 Å². The highest BCUT2D eigenvalue weighted by atomic mass is 19.4. The molecule has 152 valence electrons. The maximum atomic E-state index is 13.1. The Balaban J connectivity index is 1.94. The van der Waals surface area contributed by atoms with Crippen molar-refractivity contribution in [3.8, 4) is 5.75 Å². The lowest BCUT2D eigenvalue weighted by Crippen LogP contribution is -2.20. The lowest BCUT2D eigenvalue weighted by molar-refractivity contribution is -0.137. The van der Waals surface area contributed by atoms with E-state index in [9.17, 15) is 22.8 Å². The van der Waals surface area contributed by atoms with E-state index in [4.69, 9.17) is 9.47 Å². The van der Waals surface area contributed by atoms with Gasteiger partial charge in [-0.25, -0.2) is 0 Å². The van der Waals surface area contributed by atoms with Crippen LogP contribution in [0.2, 0.25) is 0 Å². The molecule has 0 radical (unpaired) electrons. The number of hydrogen-bond acceptors (Lipinski definition) is 4. The van der Waals surface area contributed by atoms with Crippen LogP contribution in [0, 0.1) is 0 Å². The fraction of sp³-hybridized carbons (Fsp3) is 0.200. The van der Waals surface area contributed by atoms with Gasteiger partial charge in [-0.2, -0.15) is 13.2 Å². The number of nitrogens with one attached hydrogen (secondary N) is 2. The zero-order valence-electron chi connectivity index (χ0n) is 15.3. The normalized spacial score (nSPS) is 11.4. The Morgan fingerprint density at radius 2 is 1.86 bits per heavy atom. The Kier molecular flexibility index (Phi) is 5.88. The minimum absolute atomic E-state index is 0.0477. The van der Waals surface area contributed by atoms with Gasteiger partial charge in [0.2, 0.25) is 0 Å². The number of amides is 1. The van der Waals surface area contributed by atoms with E-state index in [1.54, 1.807) is 24.3 Å². The van der Waals surface area contributed by atoms with E-state index in [1.807, 2.05) is 0 Å².